The minimum atomic E-state index is -1.33. The number of rotatable bonds is 3. The van der Waals surface area contributed by atoms with Gasteiger partial charge < -0.3 is 10.4 Å². The highest BCUT2D eigenvalue weighted by molar-refractivity contribution is 5.92. The van der Waals surface area contributed by atoms with Crippen molar-refractivity contribution in [2.24, 2.45) is 0 Å². The summed E-state index contributed by atoms with van der Waals surface area (Å²) in [5.74, 6) is -0.936. The van der Waals surface area contributed by atoms with Gasteiger partial charge in [-0.2, -0.15) is 0 Å². The van der Waals surface area contributed by atoms with Gasteiger partial charge in [0.1, 0.15) is 12.0 Å². The standard InChI is InChI=1S/C13H16F2N2O2/c1-8-2-3-9(14)11(4-8)16-13(19)7-17-5-10(15)12(18)6-17/h2-4,10,12,18H,5-7H2,1H3,(H,16,19)/t10-,12-/m1/s1. The number of anilines is 1. The molecule has 6 heteroatoms. The average molecular weight is 270 g/mol. The van der Waals surface area contributed by atoms with Crippen molar-refractivity contribution in [2.45, 2.75) is 19.2 Å². The fourth-order valence-electron chi connectivity index (χ4n) is 2.08. The van der Waals surface area contributed by atoms with Crippen LogP contribution in [0, 0.1) is 12.7 Å². The summed E-state index contributed by atoms with van der Waals surface area (Å²) in [5.41, 5.74) is 0.943. The van der Waals surface area contributed by atoms with E-state index in [0.29, 0.717) is 0 Å². The molecule has 1 fully saturated rings. The van der Waals surface area contributed by atoms with Crippen LogP contribution in [0.15, 0.2) is 18.2 Å². The molecule has 2 atom stereocenters. The van der Waals surface area contributed by atoms with Crippen molar-refractivity contribution < 1.29 is 18.7 Å². The number of β-amino-alcohol motifs (C(OH)–C–C–N with tert-alkyl or cyclic N) is 1. The van der Waals surface area contributed by atoms with Crippen molar-refractivity contribution in [1.29, 1.82) is 0 Å². The van der Waals surface area contributed by atoms with Crippen molar-refractivity contribution in [3.05, 3.63) is 29.6 Å². The van der Waals surface area contributed by atoms with E-state index in [4.69, 9.17) is 0 Å². The molecule has 19 heavy (non-hydrogen) atoms. The second-order valence-electron chi connectivity index (χ2n) is 4.81. The summed E-state index contributed by atoms with van der Waals surface area (Å²) in [5, 5.41) is 11.7. The molecule has 104 valence electrons. The zero-order valence-electron chi connectivity index (χ0n) is 10.6. The first-order chi connectivity index (χ1) is 8.95. The number of aryl methyl sites for hydroxylation is 1. The highest BCUT2D eigenvalue weighted by atomic mass is 19.1. The number of nitrogens with zero attached hydrogens (tertiary/aromatic N) is 1. The quantitative estimate of drug-likeness (QED) is 0.864. The monoisotopic (exact) mass is 270 g/mol. The predicted octanol–water partition coefficient (Wildman–Crippen LogP) is 1.09. The van der Waals surface area contributed by atoms with Gasteiger partial charge in [-0.3, -0.25) is 9.69 Å². The lowest BCUT2D eigenvalue weighted by Gasteiger charge is -2.14. The number of hydrogen-bond donors (Lipinski definition) is 2. The van der Waals surface area contributed by atoms with E-state index in [1.54, 1.807) is 13.0 Å². The van der Waals surface area contributed by atoms with E-state index in [1.807, 2.05) is 0 Å². The lowest BCUT2D eigenvalue weighted by molar-refractivity contribution is -0.117. The van der Waals surface area contributed by atoms with Crippen molar-refractivity contribution in [2.75, 3.05) is 25.0 Å². The SMILES string of the molecule is Cc1ccc(F)c(NC(=O)CN2C[C@@H](O)[C@H](F)C2)c1. The molecule has 2 rings (SSSR count). The van der Waals surface area contributed by atoms with E-state index in [-0.39, 0.29) is 25.3 Å². The zero-order valence-corrected chi connectivity index (χ0v) is 10.6. The summed E-state index contributed by atoms with van der Waals surface area (Å²) in [6.45, 7) is 1.86. The van der Waals surface area contributed by atoms with Crippen LogP contribution >= 0.6 is 0 Å². The van der Waals surface area contributed by atoms with Gasteiger partial charge in [-0.15, -0.1) is 0 Å². The number of halogens is 2. The maximum atomic E-state index is 13.4. The van der Waals surface area contributed by atoms with E-state index in [1.165, 1.54) is 17.0 Å². The highest BCUT2D eigenvalue weighted by Crippen LogP contribution is 2.16. The summed E-state index contributed by atoms with van der Waals surface area (Å²) < 4.78 is 26.5. The number of amides is 1. The molecule has 1 heterocycles. The first-order valence-corrected chi connectivity index (χ1v) is 6.06. The third kappa shape index (κ3) is 3.48. The number of hydrogen-bond acceptors (Lipinski definition) is 3. The van der Waals surface area contributed by atoms with E-state index < -0.39 is 24.0 Å². The van der Waals surface area contributed by atoms with Gasteiger partial charge in [0.15, 0.2) is 0 Å². The molecule has 0 aliphatic carbocycles. The highest BCUT2D eigenvalue weighted by Gasteiger charge is 2.32. The number of nitrogens with one attached hydrogen (secondary N) is 1. The fourth-order valence-corrected chi connectivity index (χ4v) is 2.08. The van der Waals surface area contributed by atoms with Crippen LogP contribution in [0.4, 0.5) is 14.5 Å². The Kier molecular flexibility index (Phi) is 4.11. The number of aliphatic hydroxyl groups is 1. The van der Waals surface area contributed by atoms with Crippen LogP contribution in [-0.2, 0) is 4.79 Å². The van der Waals surface area contributed by atoms with E-state index in [9.17, 15) is 18.7 Å². The van der Waals surface area contributed by atoms with Gasteiger partial charge in [-0.25, -0.2) is 8.78 Å². The van der Waals surface area contributed by atoms with Crippen molar-refractivity contribution in [3.63, 3.8) is 0 Å². The normalized spacial score (nSPS) is 23.6. The lowest BCUT2D eigenvalue weighted by atomic mass is 10.2. The average Bonchev–Trinajstić information content (AvgIpc) is 2.63. The Morgan fingerprint density at radius 1 is 1.53 bits per heavy atom. The van der Waals surface area contributed by atoms with Gasteiger partial charge in [-0.05, 0) is 24.6 Å². The first-order valence-electron chi connectivity index (χ1n) is 6.06. The topological polar surface area (TPSA) is 52.6 Å². The number of carbonyl (C=O) groups excluding carboxylic acids is 1. The Labute approximate surface area is 110 Å². The molecule has 0 radical (unpaired) electrons. The maximum absolute atomic E-state index is 13.4. The Bertz CT molecular complexity index is 472. The second-order valence-corrected chi connectivity index (χ2v) is 4.81. The van der Waals surface area contributed by atoms with Gasteiger partial charge in [0.05, 0.1) is 18.3 Å². The Morgan fingerprint density at radius 2 is 2.26 bits per heavy atom. The van der Waals surface area contributed by atoms with Crippen molar-refractivity contribution >= 4 is 11.6 Å². The Balaban J connectivity index is 1.93. The Morgan fingerprint density at radius 3 is 2.89 bits per heavy atom. The molecule has 1 saturated heterocycles. The van der Waals surface area contributed by atoms with Crippen LogP contribution in [0.25, 0.3) is 0 Å². The van der Waals surface area contributed by atoms with Gasteiger partial charge >= 0.3 is 0 Å². The van der Waals surface area contributed by atoms with Crippen LogP contribution in [0.5, 0.6) is 0 Å². The molecule has 1 aliphatic rings. The summed E-state index contributed by atoms with van der Waals surface area (Å²) in [7, 11) is 0. The van der Waals surface area contributed by atoms with Crippen LogP contribution < -0.4 is 5.32 Å². The number of aliphatic hydroxyl groups excluding tert-OH is 1. The number of carbonyl (C=O) groups is 1. The number of benzene rings is 1. The molecular weight excluding hydrogens is 254 g/mol. The second kappa shape index (κ2) is 5.63. The summed E-state index contributed by atoms with van der Waals surface area (Å²) >= 11 is 0. The molecule has 0 spiro atoms. The van der Waals surface area contributed by atoms with Crippen LogP contribution in [-0.4, -0.2) is 47.8 Å². The molecule has 0 aromatic heterocycles. The smallest absolute Gasteiger partial charge is 0.238 e. The first kappa shape index (κ1) is 13.9. The minimum absolute atomic E-state index is 0.0187. The van der Waals surface area contributed by atoms with Crippen LogP contribution in [0.1, 0.15) is 5.56 Å². The van der Waals surface area contributed by atoms with E-state index in [0.717, 1.165) is 5.56 Å². The van der Waals surface area contributed by atoms with Crippen molar-refractivity contribution in [1.82, 2.24) is 4.90 Å². The number of alkyl halides is 1. The molecule has 0 saturated carbocycles. The maximum Gasteiger partial charge on any atom is 0.238 e. The van der Waals surface area contributed by atoms with Gasteiger partial charge in [0.25, 0.3) is 0 Å². The molecule has 0 unspecified atom stereocenters. The predicted molar refractivity (Wildman–Crippen MR) is 67.1 cm³/mol. The molecule has 1 aliphatic heterocycles. The number of likely N-dealkylation sites (tertiary alicyclic amines) is 1. The van der Waals surface area contributed by atoms with E-state index >= 15 is 0 Å². The molecule has 0 bridgehead atoms. The third-order valence-electron chi connectivity index (χ3n) is 3.06. The summed E-state index contributed by atoms with van der Waals surface area (Å²) in [6.07, 6.45) is -2.38. The van der Waals surface area contributed by atoms with Crippen molar-refractivity contribution in [3.8, 4) is 0 Å². The Hall–Kier alpha value is -1.53. The zero-order chi connectivity index (χ0) is 14.0. The minimum Gasteiger partial charge on any atom is -0.389 e. The lowest BCUT2D eigenvalue weighted by Crippen LogP contribution is -2.32. The van der Waals surface area contributed by atoms with Gasteiger partial charge in [0.2, 0.25) is 5.91 Å². The third-order valence-corrected chi connectivity index (χ3v) is 3.06. The summed E-state index contributed by atoms with van der Waals surface area (Å²) in [6, 6.07) is 4.42. The molecule has 1 aromatic carbocycles. The molecule has 4 nitrogen and oxygen atoms in total. The van der Waals surface area contributed by atoms with Gasteiger partial charge in [-0.1, -0.05) is 6.07 Å². The molecule has 1 amide bonds. The largest absolute Gasteiger partial charge is 0.389 e. The molecular formula is C13H16F2N2O2. The molecule has 2 N–H and O–H groups in total. The summed E-state index contributed by atoms with van der Waals surface area (Å²) in [4.78, 5) is 13.2. The van der Waals surface area contributed by atoms with Crippen LogP contribution in [0.3, 0.4) is 0 Å². The van der Waals surface area contributed by atoms with Gasteiger partial charge in [0, 0.05) is 13.1 Å². The van der Waals surface area contributed by atoms with E-state index in [2.05, 4.69) is 5.32 Å². The fraction of sp³-hybridized carbons (Fsp3) is 0.462. The van der Waals surface area contributed by atoms with Crippen LogP contribution in [0.2, 0.25) is 0 Å². The molecule has 1 aromatic rings.